The maximum atomic E-state index is 12.6. The van der Waals surface area contributed by atoms with E-state index in [9.17, 15) is 18.0 Å². The molecule has 0 saturated carbocycles. The fourth-order valence-electron chi connectivity index (χ4n) is 1.61. The summed E-state index contributed by atoms with van der Waals surface area (Å²) in [5, 5.41) is 0.529. The number of esters is 1. The molecule has 2 aromatic rings. The van der Waals surface area contributed by atoms with Crippen molar-refractivity contribution >= 4 is 16.9 Å². The monoisotopic (exact) mass is 269 g/mol. The van der Waals surface area contributed by atoms with Gasteiger partial charge in [-0.3, -0.25) is 0 Å². The number of alkyl halides is 3. The molecule has 100 valence electrons. The van der Waals surface area contributed by atoms with Crippen LogP contribution in [0.1, 0.15) is 23.0 Å². The molecular formula is C13H10F3NO2. The number of pyridine rings is 1. The van der Waals surface area contributed by atoms with Crippen LogP contribution in [-0.4, -0.2) is 17.6 Å². The SMILES string of the molecule is CCOC(=O)c1ccc2ccc(C(F)(F)F)cc2n1. The third-order valence-corrected chi connectivity index (χ3v) is 2.50. The molecule has 0 radical (unpaired) electrons. The molecule has 0 unspecified atom stereocenters. The van der Waals surface area contributed by atoms with Crippen LogP contribution in [0.3, 0.4) is 0 Å². The molecule has 19 heavy (non-hydrogen) atoms. The Kier molecular flexibility index (Phi) is 3.42. The Bertz CT molecular complexity index is 623. The van der Waals surface area contributed by atoms with E-state index in [0.717, 1.165) is 12.1 Å². The normalized spacial score (nSPS) is 11.6. The van der Waals surface area contributed by atoms with Crippen molar-refractivity contribution in [3.8, 4) is 0 Å². The van der Waals surface area contributed by atoms with Gasteiger partial charge in [-0.25, -0.2) is 9.78 Å². The summed E-state index contributed by atoms with van der Waals surface area (Å²) in [6.07, 6.45) is -4.43. The van der Waals surface area contributed by atoms with Crippen molar-refractivity contribution in [2.45, 2.75) is 13.1 Å². The minimum atomic E-state index is -4.43. The van der Waals surface area contributed by atoms with Crippen LogP contribution < -0.4 is 0 Å². The third-order valence-electron chi connectivity index (χ3n) is 2.50. The van der Waals surface area contributed by atoms with Crippen molar-refractivity contribution < 1.29 is 22.7 Å². The molecule has 0 bridgehead atoms. The van der Waals surface area contributed by atoms with Crippen LogP contribution in [0.15, 0.2) is 30.3 Å². The first-order valence-corrected chi connectivity index (χ1v) is 5.57. The molecule has 1 aromatic carbocycles. The molecule has 0 N–H and O–H groups in total. The molecule has 0 aliphatic rings. The molecule has 1 aromatic heterocycles. The van der Waals surface area contributed by atoms with Crippen molar-refractivity contribution in [3.05, 3.63) is 41.6 Å². The topological polar surface area (TPSA) is 39.2 Å². The van der Waals surface area contributed by atoms with Crippen LogP contribution in [0.2, 0.25) is 0 Å². The zero-order valence-electron chi connectivity index (χ0n) is 9.99. The second-order valence-corrected chi connectivity index (χ2v) is 3.82. The average Bonchev–Trinajstić information content (AvgIpc) is 2.36. The quantitative estimate of drug-likeness (QED) is 0.784. The number of nitrogens with zero attached hydrogens (tertiary/aromatic N) is 1. The molecule has 6 heteroatoms. The van der Waals surface area contributed by atoms with E-state index in [4.69, 9.17) is 4.74 Å². The molecule has 3 nitrogen and oxygen atoms in total. The number of fused-ring (bicyclic) bond motifs is 1. The van der Waals surface area contributed by atoms with Gasteiger partial charge < -0.3 is 4.74 Å². The Morgan fingerprint density at radius 1 is 1.26 bits per heavy atom. The number of ether oxygens (including phenoxy) is 1. The maximum absolute atomic E-state index is 12.6. The Morgan fingerprint density at radius 3 is 2.58 bits per heavy atom. The van der Waals surface area contributed by atoms with E-state index in [-0.39, 0.29) is 17.8 Å². The van der Waals surface area contributed by atoms with E-state index in [0.29, 0.717) is 5.39 Å². The summed E-state index contributed by atoms with van der Waals surface area (Å²) in [4.78, 5) is 15.4. The van der Waals surface area contributed by atoms with Crippen molar-refractivity contribution in [1.82, 2.24) is 4.98 Å². The highest BCUT2D eigenvalue weighted by molar-refractivity contribution is 5.91. The fraction of sp³-hybridized carbons (Fsp3) is 0.231. The summed E-state index contributed by atoms with van der Waals surface area (Å²) < 4.78 is 42.5. The lowest BCUT2D eigenvalue weighted by Gasteiger charge is -2.08. The van der Waals surface area contributed by atoms with E-state index >= 15 is 0 Å². The van der Waals surface area contributed by atoms with Gasteiger partial charge in [0, 0.05) is 5.39 Å². The molecule has 0 aliphatic heterocycles. The van der Waals surface area contributed by atoms with Crippen LogP contribution in [-0.2, 0) is 10.9 Å². The lowest BCUT2D eigenvalue weighted by atomic mass is 10.1. The maximum Gasteiger partial charge on any atom is 0.416 e. The first-order chi connectivity index (χ1) is 8.91. The highest BCUT2D eigenvalue weighted by Gasteiger charge is 2.30. The van der Waals surface area contributed by atoms with Crippen LogP contribution in [0.4, 0.5) is 13.2 Å². The van der Waals surface area contributed by atoms with Gasteiger partial charge in [-0.15, -0.1) is 0 Å². The summed E-state index contributed by atoms with van der Waals surface area (Å²) in [7, 11) is 0. The zero-order valence-corrected chi connectivity index (χ0v) is 9.99. The highest BCUT2D eigenvalue weighted by Crippen LogP contribution is 2.30. The Labute approximate surface area is 107 Å². The zero-order chi connectivity index (χ0) is 14.0. The molecule has 0 fully saturated rings. The summed E-state index contributed by atoms with van der Waals surface area (Å²) in [5.74, 6) is -0.651. The smallest absolute Gasteiger partial charge is 0.416 e. The lowest BCUT2D eigenvalue weighted by Crippen LogP contribution is -2.08. The van der Waals surface area contributed by atoms with Gasteiger partial charge >= 0.3 is 12.1 Å². The van der Waals surface area contributed by atoms with Crippen molar-refractivity contribution in [1.29, 1.82) is 0 Å². The van der Waals surface area contributed by atoms with Gasteiger partial charge in [0.2, 0.25) is 0 Å². The first-order valence-electron chi connectivity index (χ1n) is 5.57. The van der Waals surface area contributed by atoms with Crippen molar-refractivity contribution in [2.75, 3.05) is 6.61 Å². The van der Waals surface area contributed by atoms with Gasteiger partial charge in [0.25, 0.3) is 0 Å². The minimum Gasteiger partial charge on any atom is -0.461 e. The van der Waals surface area contributed by atoms with Crippen molar-refractivity contribution in [3.63, 3.8) is 0 Å². The predicted octanol–water partition coefficient (Wildman–Crippen LogP) is 3.43. The summed E-state index contributed by atoms with van der Waals surface area (Å²) in [5.41, 5.74) is -0.692. The molecule has 0 atom stereocenters. The van der Waals surface area contributed by atoms with Crippen molar-refractivity contribution in [2.24, 2.45) is 0 Å². The molecular weight excluding hydrogens is 259 g/mol. The van der Waals surface area contributed by atoms with Crippen LogP contribution in [0, 0.1) is 0 Å². The molecule has 0 amide bonds. The largest absolute Gasteiger partial charge is 0.461 e. The van der Waals surface area contributed by atoms with Gasteiger partial charge in [-0.1, -0.05) is 12.1 Å². The predicted molar refractivity (Wildman–Crippen MR) is 62.7 cm³/mol. The number of aromatic nitrogens is 1. The second-order valence-electron chi connectivity index (χ2n) is 3.82. The number of carbonyl (C=O) groups excluding carboxylic acids is 1. The third kappa shape index (κ3) is 2.83. The molecule has 0 aliphatic carbocycles. The van der Waals surface area contributed by atoms with Gasteiger partial charge in [0.05, 0.1) is 17.7 Å². The summed E-state index contributed by atoms with van der Waals surface area (Å²) in [6.45, 7) is 1.82. The van der Waals surface area contributed by atoms with Crippen LogP contribution in [0.25, 0.3) is 10.9 Å². The molecule has 1 heterocycles. The molecule has 0 spiro atoms. The van der Waals surface area contributed by atoms with E-state index in [1.807, 2.05) is 0 Å². The summed E-state index contributed by atoms with van der Waals surface area (Å²) in [6, 6.07) is 6.18. The number of rotatable bonds is 2. The van der Waals surface area contributed by atoms with E-state index in [1.165, 1.54) is 18.2 Å². The summed E-state index contributed by atoms with van der Waals surface area (Å²) >= 11 is 0. The van der Waals surface area contributed by atoms with Gasteiger partial charge in [0.15, 0.2) is 0 Å². The number of hydrogen-bond acceptors (Lipinski definition) is 3. The fourth-order valence-corrected chi connectivity index (χ4v) is 1.61. The van der Waals surface area contributed by atoms with Crippen LogP contribution in [0.5, 0.6) is 0 Å². The Balaban J connectivity index is 2.48. The first kappa shape index (κ1) is 13.3. The number of hydrogen-bond donors (Lipinski definition) is 0. The van der Waals surface area contributed by atoms with Gasteiger partial charge in [0.1, 0.15) is 5.69 Å². The molecule has 0 saturated heterocycles. The van der Waals surface area contributed by atoms with E-state index in [2.05, 4.69) is 4.98 Å². The van der Waals surface area contributed by atoms with Gasteiger partial charge in [-0.2, -0.15) is 13.2 Å². The lowest BCUT2D eigenvalue weighted by molar-refractivity contribution is -0.137. The van der Waals surface area contributed by atoms with Gasteiger partial charge in [-0.05, 0) is 25.1 Å². The number of halogens is 3. The van der Waals surface area contributed by atoms with E-state index in [1.54, 1.807) is 6.92 Å². The Hall–Kier alpha value is -2.11. The highest BCUT2D eigenvalue weighted by atomic mass is 19.4. The standard InChI is InChI=1S/C13H10F3NO2/c1-2-19-12(18)10-6-4-8-3-5-9(13(14,15)16)7-11(8)17-10/h3-7H,2H2,1H3. The molecule has 2 rings (SSSR count). The minimum absolute atomic E-state index is 0.00586. The number of carbonyl (C=O) groups is 1. The number of benzene rings is 1. The van der Waals surface area contributed by atoms with E-state index < -0.39 is 17.7 Å². The van der Waals surface area contributed by atoms with Crippen LogP contribution >= 0.6 is 0 Å². The Morgan fingerprint density at radius 2 is 1.95 bits per heavy atom. The average molecular weight is 269 g/mol. The second kappa shape index (κ2) is 4.87.